The van der Waals surface area contributed by atoms with Crippen LogP contribution < -0.4 is 5.32 Å². The SMILES string of the molecule is O=C(O)Cc1cc(NCc2cccnc2)c2ccccc2n1. The Morgan fingerprint density at radius 2 is 2.05 bits per heavy atom. The molecular weight excluding hydrogens is 278 g/mol. The maximum absolute atomic E-state index is 10.9. The van der Waals surface area contributed by atoms with E-state index in [0.717, 1.165) is 22.2 Å². The standard InChI is InChI=1S/C17H15N3O2/c21-17(22)9-13-8-16(14-5-1-2-6-15(14)20-13)19-11-12-4-3-7-18-10-12/h1-8,10H,9,11H2,(H,19,20)(H,21,22). The number of aromatic nitrogens is 2. The van der Waals surface area contributed by atoms with E-state index in [1.165, 1.54) is 0 Å². The lowest BCUT2D eigenvalue weighted by atomic mass is 10.1. The van der Waals surface area contributed by atoms with Crippen LogP contribution >= 0.6 is 0 Å². The van der Waals surface area contributed by atoms with Gasteiger partial charge in [-0.1, -0.05) is 24.3 Å². The van der Waals surface area contributed by atoms with Gasteiger partial charge in [0, 0.05) is 30.0 Å². The number of hydrogen-bond acceptors (Lipinski definition) is 4. The number of benzene rings is 1. The minimum absolute atomic E-state index is 0.0909. The predicted molar refractivity (Wildman–Crippen MR) is 84.6 cm³/mol. The highest BCUT2D eigenvalue weighted by Crippen LogP contribution is 2.24. The molecule has 3 rings (SSSR count). The van der Waals surface area contributed by atoms with Crippen LogP contribution in [0.15, 0.2) is 54.9 Å². The molecule has 0 unspecified atom stereocenters. The first kappa shape index (κ1) is 14.0. The molecule has 2 heterocycles. The summed E-state index contributed by atoms with van der Waals surface area (Å²) in [5.41, 5.74) is 3.27. The minimum atomic E-state index is -0.888. The van der Waals surface area contributed by atoms with Gasteiger partial charge >= 0.3 is 5.97 Å². The van der Waals surface area contributed by atoms with Crippen LogP contribution in [0.3, 0.4) is 0 Å². The molecule has 0 aliphatic heterocycles. The summed E-state index contributed by atoms with van der Waals surface area (Å²) in [5, 5.41) is 13.3. The monoisotopic (exact) mass is 293 g/mol. The fourth-order valence-electron chi connectivity index (χ4n) is 2.32. The van der Waals surface area contributed by atoms with Gasteiger partial charge < -0.3 is 10.4 Å². The Morgan fingerprint density at radius 1 is 1.18 bits per heavy atom. The number of nitrogens with one attached hydrogen (secondary N) is 1. The van der Waals surface area contributed by atoms with E-state index in [4.69, 9.17) is 5.11 Å². The Kier molecular flexibility index (Phi) is 3.96. The lowest BCUT2D eigenvalue weighted by Crippen LogP contribution is -2.06. The van der Waals surface area contributed by atoms with Gasteiger partial charge in [-0.15, -0.1) is 0 Å². The summed E-state index contributed by atoms with van der Waals surface area (Å²) in [4.78, 5) is 19.4. The molecular formula is C17H15N3O2. The van der Waals surface area contributed by atoms with Crippen molar-refractivity contribution in [3.63, 3.8) is 0 Å². The number of carbonyl (C=O) groups is 1. The molecule has 0 radical (unpaired) electrons. The zero-order valence-electron chi connectivity index (χ0n) is 11.9. The van der Waals surface area contributed by atoms with E-state index in [1.807, 2.05) is 36.4 Å². The predicted octanol–water partition coefficient (Wildman–Crippen LogP) is 2.87. The number of fused-ring (bicyclic) bond motifs is 1. The summed E-state index contributed by atoms with van der Waals surface area (Å²) >= 11 is 0. The van der Waals surface area contributed by atoms with E-state index in [2.05, 4.69) is 15.3 Å². The van der Waals surface area contributed by atoms with Crippen LogP contribution in [0.25, 0.3) is 10.9 Å². The highest BCUT2D eigenvalue weighted by Gasteiger charge is 2.08. The van der Waals surface area contributed by atoms with E-state index in [-0.39, 0.29) is 6.42 Å². The highest BCUT2D eigenvalue weighted by atomic mass is 16.4. The lowest BCUT2D eigenvalue weighted by molar-refractivity contribution is -0.136. The number of carboxylic acids is 1. The van der Waals surface area contributed by atoms with Gasteiger partial charge in [-0.3, -0.25) is 14.8 Å². The van der Waals surface area contributed by atoms with Gasteiger partial charge in [-0.2, -0.15) is 0 Å². The Labute approximate surface area is 127 Å². The quantitative estimate of drug-likeness (QED) is 0.756. The van der Waals surface area contributed by atoms with E-state index in [0.29, 0.717) is 12.2 Å². The summed E-state index contributed by atoms with van der Waals surface area (Å²) in [7, 11) is 0. The normalized spacial score (nSPS) is 10.5. The minimum Gasteiger partial charge on any atom is -0.481 e. The molecule has 0 saturated carbocycles. The number of carboxylic acid groups (broad SMARTS) is 1. The molecule has 0 aliphatic rings. The van der Waals surface area contributed by atoms with Gasteiger partial charge in [0.15, 0.2) is 0 Å². The van der Waals surface area contributed by atoms with Crippen LogP contribution in [0.2, 0.25) is 0 Å². The molecule has 5 nitrogen and oxygen atoms in total. The summed E-state index contributed by atoms with van der Waals surface area (Å²) in [6, 6.07) is 13.4. The summed E-state index contributed by atoms with van der Waals surface area (Å²) in [5.74, 6) is -0.888. The molecule has 1 aromatic carbocycles. The number of anilines is 1. The van der Waals surface area contributed by atoms with E-state index < -0.39 is 5.97 Å². The Morgan fingerprint density at radius 3 is 2.82 bits per heavy atom. The first-order valence-corrected chi connectivity index (χ1v) is 6.95. The molecule has 0 atom stereocenters. The number of pyridine rings is 2. The lowest BCUT2D eigenvalue weighted by Gasteiger charge is -2.11. The molecule has 0 bridgehead atoms. The van der Waals surface area contributed by atoms with Crippen molar-refractivity contribution in [2.24, 2.45) is 0 Å². The molecule has 0 amide bonds. The number of para-hydroxylation sites is 1. The smallest absolute Gasteiger partial charge is 0.309 e. The second-order valence-corrected chi connectivity index (χ2v) is 4.96. The van der Waals surface area contributed by atoms with Crippen LogP contribution in [0.4, 0.5) is 5.69 Å². The second kappa shape index (κ2) is 6.22. The topological polar surface area (TPSA) is 75.1 Å². The number of rotatable bonds is 5. The first-order chi connectivity index (χ1) is 10.7. The van der Waals surface area contributed by atoms with Crippen molar-refractivity contribution >= 4 is 22.6 Å². The van der Waals surface area contributed by atoms with Gasteiger partial charge in [-0.05, 0) is 23.8 Å². The molecule has 2 aromatic heterocycles. The van der Waals surface area contributed by atoms with Crippen molar-refractivity contribution in [3.05, 3.63) is 66.1 Å². The van der Waals surface area contributed by atoms with Crippen molar-refractivity contribution in [1.29, 1.82) is 0 Å². The molecule has 0 aliphatic carbocycles. The average Bonchev–Trinajstić information content (AvgIpc) is 2.53. The molecule has 2 N–H and O–H groups in total. The maximum atomic E-state index is 10.9. The summed E-state index contributed by atoms with van der Waals surface area (Å²) in [6.07, 6.45) is 3.44. The van der Waals surface area contributed by atoms with Crippen molar-refractivity contribution in [3.8, 4) is 0 Å². The van der Waals surface area contributed by atoms with E-state index in [1.54, 1.807) is 18.5 Å². The highest BCUT2D eigenvalue weighted by molar-refractivity contribution is 5.91. The molecule has 0 fully saturated rings. The van der Waals surface area contributed by atoms with Gasteiger partial charge in [0.25, 0.3) is 0 Å². The maximum Gasteiger partial charge on any atom is 0.309 e. The van der Waals surface area contributed by atoms with Crippen LogP contribution in [-0.2, 0) is 17.8 Å². The summed E-state index contributed by atoms with van der Waals surface area (Å²) < 4.78 is 0. The zero-order valence-corrected chi connectivity index (χ0v) is 11.9. The molecule has 0 saturated heterocycles. The van der Waals surface area contributed by atoms with Crippen molar-refractivity contribution in [2.75, 3.05) is 5.32 Å². The second-order valence-electron chi connectivity index (χ2n) is 4.96. The molecule has 3 aromatic rings. The molecule has 22 heavy (non-hydrogen) atoms. The molecule has 110 valence electrons. The number of aliphatic carboxylic acids is 1. The van der Waals surface area contributed by atoms with Crippen molar-refractivity contribution in [2.45, 2.75) is 13.0 Å². The fourth-order valence-corrected chi connectivity index (χ4v) is 2.32. The fraction of sp³-hybridized carbons (Fsp3) is 0.118. The Bertz CT molecular complexity index is 803. The van der Waals surface area contributed by atoms with Gasteiger partial charge in [0.05, 0.1) is 17.6 Å². The van der Waals surface area contributed by atoms with E-state index in [9.17, 15) is 4.79 Å². The molecule has 0 spiro atoms. The first-order valence-electron chi connectivity index (χ1n) is 6.95. The number of nitrogens with zero attached hydrogens (tertiary/aromatic N) is 2. The average molecular weight is 293 g/mol. The third kappa shape index (κ3) is 3.20. The van der Waals surface area contributed by atoms with Crippen LogP contribution in [0.5, 0.6) is 0 Å². The largest absolute Gasteiger partial charge is 0.481 e. The third-order valence-electron chi connectivity index (χ3n) is 3.31. The Hall–Kier alpha value is -2.95. The Balaban J connectivity index is 1.93. The summed E-state index contributed by atoms with van der Waals surface area (Å²) in [6.45, 7) is 0.619. The van der Waals surface area contributed by atoms with Crippen LogP contribution in [-0.4, -0.2) is 21.0 Å². The zero-order chi connectivity index (χ0) is 15.4. The number of hydrogen-bond donors (Lipinski definition) is 2. The van der Waals surface area contributed by atoms with Gasteiger partial charge in [-0.25, -0.2) is 0 Å². The van der Waals surface area contributed by atoms with Crippen LogP contribution in [0.1, 0.15) is 11.3 Å². The van der Waals surface area contributed by atoms with Gasteiger partial charge in [0.2, 0.25) is 0 Å². The van der Waals surface area contributed by atoms with Crippen molar-refractivity contribution < 1.29 is 9.90 Å². The van der Waals surface area contributed by atoms with E-state index >= 15 is 0 Å². The molecule has 5 heteroatoms. The van der Waals surface area contributed by atoms with Crippen LogP contribution in [0, 0.1) is 0 Å². The third-order valence-corrected chi connectivity index (χ3v) is 3.31. The van der Waals surface area contributed by atoms with Crippen molar-refractivity contribution in [1.82, 2.24) is 9.97 Å². The van der Waals surface area contributed by atoms with Gasteiger partial charge in [0.1, 0.15) is 0 Å².